The zero-order valence-electron chi connectivity index (χ0n) is 14.2. The van der Waals surface area contributed by atoms with E-state index in [1.165, 1.54) is 18.2 Å². The highest BCUT2D eigenvalue weighted by Crippen LogP contribution is 2.28. The molecular weight excluding hydrogens is 417 g/mol. The number of anilines is 2. The molecular formula is C21H16BrClFNO. The Morgan fingerprint density at radius 2 is 1.69 bits per heavy atom. The van der Waals surface area contributed by atoms with E-state index in [1.54, 1.807) is 25.1 Å². The van der Waals surface area contributed by atoms with Gasteiger partial charge in [0.25, 0.3) is 0 Å². The van der Waals surface area contributed by atoms with Crippen LogP contribution in [-0.4, -0.2) is 5.78 Å². The van der Waals surface area contributed by atoms with E-state index in [9.17, 15) is 9.18 Å². The summed E-state index contributed by atoms with van der Waals surface area (Å²) in [5, 5.41) is 3.64. The smallest absolute Gasteiger partial charge is 0.194 e. The highest BCUT2D eigenvalue weighted by molar-refractivity contribution is 9.10. The number of ketones is 1. The van der Waals surface area contributed by atoms with Crippen LogP contribution in [0.4, 0.5) is 15.8 Å². The van der Waals surface area contributed by atoms with Crippen molar-refractivity contribution in [1.29, 1.82) is 0 Å². The van der Waals surface area contributed by atoms with E-state index < -0.39 is 0 Å². The SMILES string of the molecule is Cc1cc(Br)ccc1Nc1ccc(C(=O)c2ccc(F)cc2C)c(Cl)c1. The third kappa shape index (κ3) is 3.97. The first-order chi connectivity index (χ1) is 12.3. The van der Waals surface area contributed by atoms with E-state index in [0.717, 1.165) is 21.4 Å². The maximum Gasteiger partial charge on any atom is 0.194 e. The fourth-order valence-electron chi connectivity index (χ4n) is 2.73. The number of carbonyl (C=O) groups is 1. The minimum atomic E-state index is -0.366. The van der Waals surface area contributed by atoms with Gasteiger partial charge in [-0.3, -0.25) is 4.79 Å². The summed E-state index contributed by atoms with van der Waals surface area (Å²) >= 11 is 9.79. The molecule has 0 aliphatic carbocycles. The molecule has 0 aliphatic heterocycles. The molecule has 132 valence electrons. The lowest BCUT2D eigenvalue weighted by molar-refractivity contribution is 0.103. The Morgan fingerprint density at radius 1 is 0.962 bits per heavy atom. The highest BCUT2D eigenvalue weighted by Gasteiger charge is 2.16. The quantitative estimate of drug-likeness (QED) is 0.458. The van der Waals surface area contributed by atoms with Crippen molar-refractivity contribution in [1.82, 2.24) is 0 Å². The van der Waals surface area contributed by atoms with Crippen molar-refractivity contribution in [2.24, 2.45) is 0 Å². The van der Waals surface area contributed by atoms with Crippen molar-refractivity contribution < 1.29 is 9.18 Å². The standard InChI is InChI=1S/C21H16BrClFNO/c1-12-10-15(24)4-6-17(12)21(26)18-7-5-16(11-19(18)23)25-20-8-3-14(22)9-13(20)2/h3-11,25H,1-2H3. The number of aryl methyl sites for hydroxylation is 2. The summed E-state index contributed by atoms with van der Waals surface area (Å²) in [6.07, 6.45) is 0. The number of nitrogens with one attached hydrogen (secondary N) is 1. The fraction of sp³-hybridized carbons (Fsp3) is 0.0952. The molecule has 3 aromatic rings. The van der Waals surface area contributed by atoms with Crippen molar-refractivity contribution in [2.75, 3.05) is 5.32 Å². The van der Waals surface area contributed by atoms with Gasteiger partial charge in [0.15, 0.2) is 5.78 Å². The van der Waals surface area contributed by atoms with E-state index in [4.69, 9.17) is 11.6 Å². The molecule has 0 aliphatic rings. The van der Waals surface area contributed by atoms with Gasteiger partial charge in [-0.15, -0.1) is 0 Å². The van der Waals surface area contributed by atoms with Gasteiger partial charge in [-0.25, -0.2) is 4.39 Å². The molecule has 0 aromatic heterocycles. The average Bonchev–Trinajstić information content (AvgIpc) is 2.57. The summed E-state index contributed by atoms with van der Waals surface area (Å²) in [5.41, 5.74) is 4.24. The summed E-state index contributed by atoms with van der Waals surface area (Å²) < 4.78 is 14.3. The van der Waals surface area contributed by atoms with Gasteiger partial charge in [0.1, 0.15) is 5.82 Å². The molecule has 1 N–H and O–H groups in total. The third-order valence-electron chi connectivity index (χ3n) is 4.11. The van der Waals surface area contributed by atoms with Crippen LogP contribution in [0.15, 0.2) is 59.1 Å². The van der Waals surface area contributed by atoms with Gasteiger partial charge in [-0.1, -0.05) is 27.5 Å². The van der Waals surface area contributed by atoms with Crippen molar-refractivity contribution in [2.45, 2.75) is 13.8 Å². The molecule has 26 heavy (non-hydrogen) atoms. The molecule has 0 amide bonds. The molecule has 0 heterocycles. The van der Waals surface area contributed by atoms with Gasteiger partial charge >= 0.3 is 0 Å². The molecule has 5 heteroatoms. The van der Waals surface area contributed by atoms with Crippen LogP contribution in [0.5, 0.6) is 0 Å². The summed E-state index contributed by atoms with van der Waals surface area (Å²) in [4.78, 5) is 12.7. The first kappa shape index (κ1) is 18.6. The maximum atomic E-state index is 13.3. The van der Waals surface area contributed by atoms with Crippen molar-refractivity contribution in [3.8, 4) is 0 Å². The minimum Gasteiger partial charge on any atom is -0.355 e. The lowest BCUT2D eigenvalue weighted by Crippen LogP contribution is -2.05. The normalized spacial score (nSPS) is 10.7. The second-order valence-electron chi connectivity index (χ2n) is 6.07. The monoisotopic (exact) mass is 431 g/mol. The van der Waals surface area contributed by atoms with Gasteiger partial charge in [0, 0.05) is 27.0 Å². The van der Waals surface area contributed by atoms with Crippen LogP contribution in [0.25, 0.3) is 0 Å². The largest absolute Gasteiger partial charge is 0.355 e. The predicted molar refractivity (Wildman–Crippen MR) is 108 cm³/mol. The number of halogens is 3. The van der Waals surface area contributed by atoms with Crippen LogP contribution in [-0.2, 0) is 0 Å². The van der Waals surface area contributed by atoms with Gasteiger partial charge in [0.05, 0.1) is 5.02 Å². The van der Waals surface area contributed by atoms with Crippen LogP contribution in [0.1, 0.15) is 27.0 Å². The molecule has 3 aromatic carbocycles. The van der Waals surface area contributed by atoms with E-state index in [-0.39, 0.29) is 11.6 Å². The number of hydrogen-bond acceptors (Lipinski definition) is 2. The maximum absolute atomic E-state index is 13.3. The molecule has 0 unspecified atom stereocenters. The zero-order valence-corrected chi connectivity index (χ0v) is 16.6. The summed E-state index contributed by atoms with van der Waals surface area (Å²) in [5.74, 6) is -0.589. The van der Waals surface area contributed by atoms with Crippen LogP contribution in [0.3, 0.4) is 0 Å². The minimum absolute atomic E-state index is 0.223. The van der Waals surface area contributed by atoms with E-state index in [1.807, 2.05) is 25.1 Å². The third-order valence-corrected chi connectivity index (χ3v) is 4.92. The Kier molecular flexibility index (Phi) is 5.44. The molecule has 0 radical (unpaired) electrons. The predicted octanol–water partition coefficient (Wildman–Crippen LogP) is 6.83. The topological polar surface area (TPSA) is 29.1 Å². The van der Waals surface area contributed by atoms with Gasteiger partial charge in [0.2, 0.25) is 0 Å². The molecule has 0 bridgehead atoms. The molecule has 2 nitrogen and oxygen atoms in total. The van der Waals surface area contributed by atoms with Crippen LogP contribution in [0, 0.1) is 19.7 Å². The molecule has 0 fully saturated rings. The number of carbonyl (C=O) groups excluding carboxylic acids is 1. The molecule has 0 spiro atoms. The second kappa shape index (κ2) is 7.60. The molecule has 0 atom stereocenters. The Hall–Kier alpha value is -2.17. The Balaban J connectivity index is 1.88. The van der Waals surface area contributed by atoms with Crippen molar-refractivity contribution in [3.63, 3.8) is 0 Å². The summed E-state index contributed by atoms with van der Waals surface area (Å²) in [6.45, 7) is 3.71. The fourth-order valence-corrected chi connectivity index (χ4v) is 3.47. The lowest BCUT2D eigenvalue weighted by Gasteiger charge is -2.12. The number of rotatable bonds is 4. The first-order valence-corrected chi connectivity index (χ1v) is 9.16. The number of hydrogen-bond donors (Lipinski definition) is 1. The van der Waals surface area contributed by atoms with Crippen LogP contribution >= 0.6 is 27.5 Å². The zero-order chi connectivity index (χ0) is 18.8. The molecule has 0 saturated carbocycles. The lowest BCUT2D eigenvalue weighted by atomic mass is 9.98. The van der Waals surface area contributed by atoms with E-state index in [0.29, 0.717) is 21.7 Å². The Labute approximate surface area is 165 Å². The van der Waals surface area contributed by atoms with Crippen molar-refractivity contribution in [3.05, 3.63) is 92.2 Å². The Bertz CT molecular complexity index is 1000. The average molecular weight is 433 g/mol. The molecule has 3 rings (SSSR count). The van der Waals surface area contributed by atoms with Gasteiger partial charge in [-0.2, -0.15) is 0 Å². The summed E-state index contributed by atoms with van der Waals surface area (Å²) in [7, 11) is 0. The second-order valence-corrected chi connectivity index (χ2v) is 7.39. The van der Waals surface area contributed by atoms with E-state index >= 15 is 0 Å². The van der Waals surface area contributed by atoms with Crippen LogP contribution < -0.4 is 5.32 Å². The highest BCUT2D eigenvalue weighted by atomic mass is 79.9. The van der Waals surface area contributed by atoms with Crippen LogP contribution in [0.2, 0.25) is 5.02 Å². The van der Waals surface area contributed by atoms with Gasteiger partial charge in [-0.05, 0) is 79.6 Å². The molecule has 0 saturated heterocycles. The van der Waals surface area contributed by atoms with E-state index in [2.05, 4.69) is 21.2 Å². The summed E-state index contributed by atoms with van der Waals surface area (Å²) in [6, 6.07) is 15.2. The Morgan fingerprint density at radius 3 is 2.35 bits per heavy atom. The van der Waals surface area contributed by atoms with Gasteiger partial charge < -0.3 is 5.32 Å². The van der Waals surface area contributed by atoms with Crippen molar-refractivity contribution >= 4 is 44.7 Å². The first-order valence-electron chi connectivity index (χ1n) is 7.99. The number of benzene rings is 3.